The van der Waals surface area contributed by atoms with E-state index in [1.165, 1.54) is 6.07 Å². The number of nitrogen functional groups attached to an aromatic ring is 1. The van der Waals surface area contributed by atoms with E-state index < -0.39 is 0 Å². The minimum Gasteiger partial charge on any atom is -0.483 e. The van der Waals surface area contributed by atoms with Crippen molar-refractivity contribution < 1.29 is 13.9 Å². The molecule has 0 unspecified atom stereocenters. The quantitative estimate of drug-likeness (QED) is 0.841. The summed E-state index contributed by atoms with van der Waals surface area (Å²) in [5.74, 6) is 1.45. The fourth-order valence-corrected chi connectivity index (χ4v) is 2.54. The summed E-state index contributed by atoms with van der Waals surface area (Å²) in [6.45, 7) is 5.75. The van der Waals surface area contributed by atoms with E-state index in [0.29, 0.717) is 17.1 Å². The molecule has 0 radical (unpaired) electrons. The number of hydrogen-bond acceptors (Lipinski definition) is 3. The Kier molecular flexibility index (Phi) is 3.04. The minimum absolute atomic E-state index is 0.244. The molecular formula is C17H18FNO2. The lowest BCUT2D eigenvalue weighted by Crippen LogP contribution is -2.24. The first kappa shape index (κ1) is 13.7. The summed E-state index contributed by atoms with van der Waals surface area (Å²) in [5.41, 5.74) is 7.46. The second-order valence-electron chi connectivity index (χ2n) is 6.02. The molecule has 2 aromatic rings. The van der Waals surface area contributed by atoms with E-state index in [2.05, 4.69) is 0 Å². The van der Waals surface area contributed by atoms with Gasteiger partial charge in [-0.1, -0.05) is 12.1 Å². The average molecular weight is 287 g/mol. The van der Waals surface area contributed by atoms with E-state index in [9.17, 15) is 4.39 Å². The molecule has 0 aliphatic carbocycles. The van der Waals surface area contributed by atoms with Crippen LogP contribution in [0, 0.1) is 12.7 Å². The van der Waals surface area contributed by atoms with Crippen LogP contribution in [0.4, 0.5) is 10.1 Å². The van der Waals surface area contributed by atoms with Gasteiger partial charge in [0.1, 0.15) is 11.4 Å². The number of anilines is 1. The highest BCUT2D eigenvalue weighted by Crippen LogP contribution is 2.44. The molecule has 0 fully saturated rings. The zero-order valence-corrected chi connectivity index (χ0v) is 12.4. The molecular weight excluding hydrogens is 269 g/mol. The van der Waals surface area contributed by atoms with E-state index in [1.54, 1.807) is 13.0 Å². The maximum Gasteiger partial charge on any atom is 0.169 e. The number of rotatable bonds is 2. The van der Waals surface area contributed by atoms with Crippen LogP contribution in [0.1, 0.15) is 25.0 Å². The SMILES string of the molecule is Cc1cc(Oc2cccc3c2OC(C)(C)C3)c(N)cc1F. The Bertz CT molecular complexity index is 710. The van der Waals surface area contributed by atoms with Gasteiger partial charge in [-0.3, -0.25) is 0 Å². The maximum atomic E-state index is 13.5. The van der Waals surface area contributed by atoms with Gasteiger partial charge in [0.2, 0.25) is 0 Å². The molecule has 3 rings (SSSR count). The number of hydrogen-bond donors (Lipinski definition) is 1. The first-order valence-corrected chi connectivity index (χ1v) is 6.90. The van der Waals surface area contributed by atoms with Crippen LogP contribution in [0.15, 0.2) is 30.3 Å². The molecule has 0 aromatic heterocycles. The fourth-order valence-electron chi connectivity index (χ4n) is 2.54. The van der Waals surface area contributed by atoms with Gasteiger partial charge in [-0.2, -0.15) is 0 Å². The second-order valence-corrected chi connectivity index (χ2v) is 6.02. The van der Waals surface area contributed by atoms with Crippen molar-refractivity contribution in [2.24, 2.45) is 0 Å². The Morgan fingerprint density at radius 1 is 1.24 bits per heavy atom. The third-order valence-electron chi connectivity index (χ3n) is 3.57. The molecule has 1 aliphatic rings. The molecule has 1 heterocycles. The monoisotopic (exact) mass is 287 g/mol. The zero-order chi connectivity index (χ0) is 15.2. The van der Waals surface area contributed by atoms with Crippen molar-refractivity contribution in [3.63, 3.8) is 0 Å². The fraction of sp³-hybridized carbons (Fsp3) is 0.294. The molecule has 1 aliphatic heterocycles. The number of fused-ring (bicyclic) bond motifs is 1. The number of halogens is 1. The maximum absolute atomic E-state index is 13.5. The third-order valence-corrected chi connectivity index (χ3v) is 3.57. The Balaban J connectivity index is 1.98. The van der Waals surface area contributed by atoms with Gasteiger partial charge in [-0.25, -0.2) is 4.39 Å². The van der Waals surface area contributed by atoms with E-state index in [1.807, 2.05) is 32.0 Å². The predicted octanol–water partition coefficient (Wildman–Crippen LogP) is 4.22. The Morgan fingerprint density at radius 2 is 2.00 bits per heavy atom. The van der Waals surface area contributed by atoms with E-state index >= 15 is 0 Å². The van der Waals surface area contributed by atoms with Crippen molar-refractivity contribution >= 4 is 5.69 Å². The van der Waals surface area contributed by atoms with Gasteiger partial charge in [-0.05, 0) is 38.5 Å². The van der Waals surface area contributed by atoms with Gasteiger partial charge < -0.3 is 15.2 Å². The molecule has 4 heteroatoms. The van der Waals surface area contributed by atoms with Gasteiger partial charge in [-0.15, -0.1) is 0 Å². The Morgan fingerprint density at radius 3 is 2.76 bits per heavy atom. The Hall–Kier alpha value is -2.23. The third kappa shape index (κ3) is 2.53. The van der Waals surface area contributed by atoms with Gasteiger partial charge >= 0.3 is 0 Å². The van der Waals surface area contributed by atoms with Crippen LogP contribution >= 0.6 is 0 Å². The first-order valence-electron chi connectivity index (χ1n) is 6.90. The molecule has 2 N–H and O–H groups in total. The predicted molar refractivity (Wildman–Crippen MR) is 80.5 cm³/mol. The molecule has 0 atom stereocenters. The van der Waals surface area contributed by atoms with Crippen molar-refractivity contribution in [3.05, 3.63) is 47.3 Å². The number of benzene rings is 2. The average Bonchev–Trinajstić information content (AvgIpc) is 2.71. The number of ether oxygens (including phenoxy) is 2. The molecule has 110 valence electrons. The van der Waals surface area contributed by atoms with Crippen LogP contribution in [0.25, 0.3) is 0 Å². The Labute approximate surface area is 123 Å². The van der Waals surface area contributed by atoms with Crippen LogP contribution in [-0.2, 0) is 6.42 Å². The topological polar surface area (TPSA) is 44.5 Å². The minimum atomic E-state index is -0.337. The van der Waals surface area contributed by atoms with Gasteiger partial charge in [0.15, 0.2) is 17.2 Å². The summed E-state index contributed by atoms with van der Waals surface area (Å²) < 4.78 is 25.3. The summed E-state index contributed by atoms with van der Waals surface area (Å²) in [7, 11) is 0. The lowest BCUT2D eigenvalue weighted by Gasteiger charge is -2.18. The lowest BCUT2D eigenvalue weighted by molar-refractivity contribution is 0.135. The summed E-state index contributed by atoms with van der Waals surface area (Å²) in [6, 6.07) is 8.66. The molecule has 3 nitrogen and oxygen atoms in total. The molecule has 21 heavy (non-hydrogen) atoms. The van der Waals surface area contributed by atoms with E-state index in [0.717, 1.165) is 17.7 Å². The molecule has 0 saturated carbocycles. The van der Waals surface area contributed by atoms with Crippen molar-refractivity contribution in [2.45, 2.75) is 32.8 Å². The highest BCUT2D eigenvalue weighted by atomic mass is 19.1. The molecule has 0 bridgehead atoms. The van der Waals surface area contributed by atoms with Crippen molar-refractivity contribution in [2.75, 3.05) is 5.73 Å². The van der Waals surface area contributed by atoms with E-state index in [4.69, 9.17) is 15.2 Å². The standard InChI is InChI=1S/C17H18FNO2/c1-10-7-15(13(19)8-12(10)18)20-14-6-4-5-11-9-17(2,3)21-16(11)14/h4-8H,9,19H2,1-3H3. The summed E-state index contributed by atoms with van der Waals surface area (Å²) in [6.07, 6.45) is 0.831. The first-order chi connectivity index (χ1) is 9.85. The largest absolute Gasteiger partial charge is 0.483 e. The highest BCUT2D eigenvalue weighted by molar-refractivity contribution is 5.58. The second kappa shape index (κ2) is 4.65. The van der Waals surface area contributed by atoms with Crippen molar-refractivity contribution in [1.29, 1.82) is 0 Å². The van der Waals surface area contributed by atoms with E-state index in [-0.39, 0.29) is 17.1 Å². The van der Waals surface area contributed by atoms with Crippen LogP contribution in [0.2, 0.25) is 0 Å². The van der Waals surface area contributed by atoms with Crippen LogP contribution in [-0.4, -0.2) is 5.60 Å². The number of para-hydroxylation sites is 1. The van der Waals surface area contributed by atoms with Gasteiger partial charge in [0.25, 0.3) is 0 Å². The van der Waals surface area contributed by atoms with Crippen LogP contribution < -0.4 is 15.2 Å². The number of aryl methyl sites for hydroxylation is 1. The highest BCUT2D eigenvalue weighted by Gasteiger charge is 2.32. The van der Waals surface area contributed by atoms with Crippen LogP contribution in [0.3, 0.4) is 0 Å². The normalized spacial score (nSPS) is 15.4. The number of nitrogens with two attached hydrogens (primary N) is 1. The lowest BCUT2D eigenvalue weighted by atomic mass is 10.0. The summed E-state index contributed by atoms with van der Waals surface area (Å²) in [4.78, 5) is 0. The molecule has 0 spiro atoms. The van der Waals surface area contributed by atoms with Crippen molar-refractivity contribution in [1.82, 2.24) is 0 Å². The summed E-state index contributed by atoms with van der Waals surface area (Å²) >= 11 is 0. The smallest absolute Gasteiger partial charge is 0.169 e. The molecule has 2 aromatic carbocycles. The molecule has 0 saturated heterocycles. The van der Waals surface area contributed by atoms with Crippen molar-refractivity contribution in [3.8, 4) is 17.2 Å². The van der Waals surface area contributed by atoms with Gasteiger partial charge in [0, 0.05) is 18.1 Å². The van der Waals surface area contributed by atoms with Gasteiger partial charge in [0.05, 0.1) is 5.69 Å². The molecule has 0 amide bonds. The summed E-state index contributed by atoms with van der Waals surface area (Å²) in [5, 5.41) is 0. The van der Waals surface area contributed by atoms with Crippen LogP contribution in [0.5, 0.6) is 17.2 Å². The zero-order valence-electron chi connectivity index (χ0n) is 12.4.